The minimum absolute atomic E-state index is 0.323. The second-order valence-electron chi connectivity index (χ2n) is 5.03. The van der Waals surface area contributed by atoms with Gasteiger partial charge in [-0.3, -0.25) is 0 Å². The van der Waals surface area contributed by atoms with Gasteiger partial charge in [0.05, 0.1) is 23.0 Å². The quantitative estimate of drug-likeness (QED) is 0.720. The molecule has 23 heavy (non-hydrogen) atoms. The van der Waals surface area contributed by atoms with Crippen molar-refractivity contribution in [3.63, 3.8) is 0 Å². The minimum Gasteiger partial charge on any atom is -0.489 e. The van der Waals surface area contributed by atoms with Crippen LogP contribution < -0.4 is 4.74 Å². The number of benzene rings is 2. The van der Waals surface area contributed by atoms with Crippen molar-refractivity contribution in [3.8, 4) is 17.5 Å². The molecule has 2 aromatic carbocycles. The molecule has 0 bridgehead atoms. The van der Waals surface area contributed by atoms with Gasteiger partial charge in [0.25, 0.3) is 0 Å². The minimum atomic E-state index is 0.323. The van der Waals surface area contributed by atoms with Crippen molar-refractivity contribution < 1.29 is 4.74 Å². The molecule has 1 aromatic heterocycles. The van der Waals surface area contributed by atoms with Gasteiger partial charge in [0.1, 0.15) is 17.5 Å². The van der Waals surface area contributed by atoms with E-state index in [0.29, 0.717) is 23.1 Å². The summed E-state index contributed by atoms with van der Waals surface area (Å²) >= 11 is 6.46. The fraction of sp³-hybridized carbons (Fsp3) is 0.111. The van der Waals surface area contributed by atoms with E-state index in [9.17, 15) is 0 Å². The van der Waals surface area contributed by atoms with Crippen molar-refractivity contribution >= 4 is 11.6 Å². The molecule has 0 radical (unpaired) electrons. The van der Waals surface area contributed by atoms with Crippen LogP contribution in [-0.2, 0) is 6.61 Å². The molecule has 0 saturated heterocycles. The van der Waals surface area contributed by atoms with Gasteiger partial charge < -0.3 is 4.74 Å². The topological polar surface area (TPSA) is 50.8 Å². The van der Waals surface area contributed by atoms with Gasteiger partial charge in [-0.1, -0.05) is 29.8 Å². The highest BCUT2D eigenvalue weighted by molar-refractivity contribution is 6.30. The number of hydrogen-bond donors (Lipinski definition) is 0. The fourth-order valence-corrected chi connectivity index (χ4v) is 2.54. The molecule has 4 nitrogen and oxygen atoms in total. The number of aryl methyl sites for hydroxylation is 1. The summed E-state index contributed by atoms with van der Waals surface area (Å²) in [5.74, 6) is 0.687. The maximum Gasteiger partial charge on any atom is 0.139 e. The number of halogens is 1. The second kappa shape index (κ2) is 6.55. The van der Waals surface area contributed by atoms with Gasteiger partial charge in [0.2, 0.25) is 0 Å². The predicted molar refractivity (Wildman–Crippen MR) is 88.8 cm³/mol. The Morgan fingerprint density at radius 2 is 1.83 bits per heavy atom. The van der Waals surface area contributed by atoms with E-state index in [1.54, 1.807) is 28.9 Å². The Morgan fingerprint density at radius 1 is 1.13 bits per heavy atom. The summed E-state index contributed by atoms with van der Waals surface area (Å²) in [4.78, 5) is 0. The first-order chi connectivity index (χ1) is 11.2. The SMILES string of the molecule is Cc1nn(-c2ccccc2)c(Cl)c1COc1ccc(C#N)cc1. The Hall–Kier alpha value is -2.77. The Kier molecular flexibility index (Phi) is 4.31. The van der Waals surface area contributed by atoms with Crippen LogP contribution >= 0.6 is 11.6 Å². The number of ether oxygens (including phenoxy) is 1. The smallest absolute Gasteiger partial charge is 0.139 e. The van der Waals surface area contributed by atoms with Gasteiger partial charge in [0, 0.05) is 5.56 Å². The van der Waals surface area contributed by atoms with Crippen LogP contribution in [0.5, 0.6) is 5.75 Å². The van der Waals surface area contributed by atoms with E-state index in [0.717, 1.165) is 16.9 Å². The van der Waals surface area contributed by atoms with Gasteiger partial charge >= 0.3 is 0 Å². The maximum absolute atomic E-state index is 8.80. The Bertz CT molecular complexity index is 848. The standard InChI is InChI=1S/C18H14ClN3O/c1-13-17(12-23-16-9-7-14(11-20)8-10-16)18(19)22(21-13)15-5-3-2-4-6-15/h2-10H,12H2,1H3. The van der Waals surface area contributed by atoms with Crippen molar-refractivity contribution in [1.82, 2.24) is 9.78 Å². The first-order valence-corrected chi connectivity index (χ1v) is 7.49. The van der Waals surface area contributed by atoms with Crippen LogP contribution in [0.25, 0.3) is 5.69 Å². The third kappa shape index (κ3) is 3.20. The molecule has 0 unspecified atom stereocenters. The van der Waals surface area contributed by atoms with E-state index in [2.05, 4.69) is 11.2 Å². The van der Waals surface area contributed by atoms with Gasteiger partial charge in [0.15, 0.2) is 0 Å². The van der Waals surface area contributed by atoms with E-state index in [1.165, 1.54) is 0 Å². The zero-order valence-electron chi connectivity index (χ0n) is 12.5. The van der Waals surface area contributed by atoms with E-state index < -0.39 is 0 Å². The maximum atomic E-state index is 8.80. The lowest BCUT2D eigenvalue weighted by molar-refractivity contribution is 0.305. The predicted octanol–water partition coefficient (Wildman–Crippen LogP) is 4.28. The number of hydrogen-bond acceptors (Lipinski definition) is 3. The second-order valence-corrected chi connectivity index (χ2v) is 5.38. The summed E-state index contributed by atoms with van der Waals surface area (Å²) in [5, 5.41) is 13.8. The third-order valence-electron chi connectivity index (χ3n) is 3.49. The Labute approximate surface area is 139 Å². The summed E-state index contributed by atoms with van der Waals surface area (Å²) < 4.78 is 7.46. The summed E-state index contributed by atoms with van der Waals surface area (Å²) in [7, 11) is 0. The van der Waals surface area contributed by atoms with Crippen LogP contribution in [0.1, 0.15) is 16.8 Å². The summed E-state index contributed by atoms with van der Waals surface area (Å²) in [6.07, 6.45) is 0. The molecule has 0 N–H and O–H groups in total. The van der Waals surface area contributed by atoms with E-state index >= 15 is 0 Å². The average Bonchev–Trinajstić information content (AvgIpc) is 2.88. The van der Waals surface area contributed by atoms with Crippen LogP contribution in [0.15, 0.2) is 54.6 Å². The Morgan fingerprint density at radius 3 is 2.48 bits per heavy atom. The molecule has 0 atom stereocenters. The lowest BCUT2D eigenvalue weighted by Crippen LogP contribution is -1.98. The first kappa shape index (κ1) is 15.1. The third-order valence-corrected chi connectivity index (χ3v) is 3.88. The number of nitriles is 1. The number of aromatic nitrogens is 2. The monoisotopic (exact) mass is 323 g/mol. The highest BCUT2D eigenvalue weighted by atomic mass is 35.5. The molecule has 0 aliphatic heterocycles. The fourth-order valence-electron chi connectivity index (χ4n) is 2.22. The highest BCUT2D eigenvalue weighted by Gasteiger charge is 2.15. The molecule has 1 heterocycles. The summed E-state index contributed by atoms with van der Waals surface area (Å²) in [6, 6.07) is 18.8. The molecule has 5 heteroatoms. The Balaban J connectivity index is 1.81. The summed E-state index contributed by atoms with van der Waals surface area (Å²) in [5.41, 5.74) is 3.18. The van der Waals surface area contributed by atoms with Crippen LogP contribution in [-0.4, -0.2) is 9.78 Å². The number of para-hydroxylation sites is 1. The molecular formula is C18H14ClN3O. The first-order valence-electron chi connectivity index (χ1n) is 7.11. The van der Waals surface area contributed by atoms with Gasteiger partial charge in [-0.2, -0.15) is 10.4 Å². The molecule has 0 spiro atoms. The van der Waals surface area contributed by atoms with Crippen molar-refractivity contribution in [1.29, 1.82) is 5.26 Å². The number of nitrogens with zero attached hydrogens (tertiary/aromatic N) is 3. The van der Waals surface area contributed by atoms with E-state index in [-0.39, 0.29) is 0 Å². The van der Waals surface area contributed by atoms with Crippen LogP contribution in [0.2, 0.25) is 5.15 Å². The summed E-state index contributed by atoms with van der Waals surface area (Å²) in [6.45, 7) is 2.23. The molecule has 0 fully saturated rings. The van der Waals surface area contributed by atoms with Crippen molar-refractivity contribution in [2.45, 2.75) is 13.5 Å². The normalized spacial score (nSPS) is 10.3. The average molecular weight is 324 g/mol. The molecule has 3 rings (SSSR count). The van der Waals surface area contributed by atoms with Crippen LogP contribution in [0.4, 0.5) is 0 Å². The van der Waals surface area contributed by atoms with Crippen molar-refractivity contribution in [3.05, 3.63) is 76.6 Å². The molecule has 0 aliphatic rings. The number of rotatable bonds is 4. The lowest BCUT2D eigenvalue weighted by Gasteiger charge is -2.06. The molecule has 114 valence electrons. The molecular weight excluding hydrogens is 310 g/mol. The van der Waals surface area contributed by atoms with Crippen LogP contribution in [0.3, 0.4) is 0 Å². The van der Waals surface area contributed by atoms with Crippen molar-refractivity contribution in [2.75, 3.05) is 0 Å². The molecule has 0 amide bonds. The van der Waals surface area contributed by atoms with Gasteiger partial charge in [-0.25, -0.2) is 4.68 Å². The molecule has 0 saturated carbocycles. The highest BCUT2D eigenvalue weighted by Crippen LogP contribution is 2.25. The van der Waals surface area contributed by atoms with E-state index in [4.69, 9.17) is 21.6 Å². The van der Waals surface area contributed by atoms with Crippen LogP contribution in [0, 0.1) is 18.3 Å². The molecule has 3 aromatic rings. The zero-order valence-corrected chi connectivity index (χ0v) is 13.3. The van der Waals surface area contributed by atoms with E-state index in [1.807, 2.05) is 37.3 Å². The van der Waals surface area contributed by atoms with Gasteiger partial charge in [-0.15, -0.1) is 0 Å². The lowest BCUT2D eigenvalue weighted by atomic mass is 10.2. The largest absolute Gasteiger partial charge is 0.489 e. The molecule has 0 aliphatic carbocycles. The van der Waals surface area contributed by atoms with Gasteiger partial charge in [-0.05, 0) is 43.3 Å². The zero-order chi connectivity index (χ0) is 16.2. The van der Waals surface area contributed by atoms with Crippen molar-refractivity contribution in [2.24, 2.45) is 0 Å².